The van der Waals surface area contributed by atoms with E-state index in [2.05, 4.69) is 4.18 Å². The van der Waals surface area contributed by atoms with Crippen molar-refractivity contribution in [3.8, 4) is 0 Å². The third-order valence-corrected chi connectivity index (χ3v) is 4.83. The molecule has 1 aliphatic heterocycles. The summed E-state index contributed by atoms with van der Waals surface area (Å²) in [6.07, 6.45) is -0.509. The first-order chi connectivity index (χ1) is 12.5. The van der Waals surface area contributed by atoms with Crippen molar-refractivity contribution in [2.24, 2.45) is 0 Å². The van der Waals surface area contributed by atoms with Gasteiger partial charge in [0.1, 0.15) is 0 Å². The van der Waals surface area contributed by atoms with Crippen molar-refractivity contribution < 1.29 is 40.0 Å². The molecule has 1 aromatic carbocycles. The molecule has 1 heterocycles. The molecule has 2 rings (SSSR count). The molecule has 6 nitrogen and oxygen atoms in total. The van der Waals surface area contributed by atoms with Crippen molar-refractivity contribution in [3.63, 3.8) is 0 Å². The highest BCUT2D eigenvalue weighted by Gasteiger charge is 2.48. The van der Waals surface area contributed by atoms with E-state index in [1.807, 2.05) is 30.3 Å². The van der Waals surface area contributed by atoms with Crippen LogP contribution in [0.25, 0.3) is 0 Å². The number of hydrogen-bond acceptors (Lipinski definition) is 6. The smallest absolute Gasteiger partial charge is 0.377 e. The Balaban J connectivity index is 1.81. The molecular formula is C17H23F3O6S. The lowest BCUT2D eigenvalue weighted by Gasteiger charge is -2.40. The Morgan fingerprint density at radius 3 is 2.41 bits per heavy atom. The first-order valence-electron chi connectivity index (χ1n) is 8.41. The summed E-state index contributed by atoms with van der Waals surface area (Å²) in [4.78, 5) is 0. The summed E-state index contributed by atoms with van der Waals surface area (Å²) >= 11 is 0. The van der Waals surface area contributed by atoms with Gasteiger partial charge in [-0.05, 0) is 25.8 Å². The van der Waals surface area contributed by atoms with E-state index >= 15 is 0 Å². The van der Waals surface area contributed by atoms with Crippen molar-refractivity contribution in [1.82, 2.24) is 0 Å². The van der Waals surface area contributed by atoms with E-state index in [0.29, 0.717) is 19.6 Å². The highest BCUT2D eigenvalue weighted by Crippen LogP contribution is 2.30. The van der Waals surface area contributed by atoms with Crippen LogP contribution < -0.4 is 0 Å². The van der Waals surface area contributed by atoms with Crippen LogP contribution in [0.4, 0.5) is 13.2 Å². The molecular weight excluding hydrogens is 389 g/mol. The van der Waals surface area contributed by atoms with E-state index in [1.54, 1.807) is 13.8 Å². The fraction of sp³-hybridized carbons (Fsp3) is 0.647. The van der Waals surface area contributed by atoms with Crippen LogP contribution in [0.15, 0.2) is 30.3 Å². The van der Waals surface area contributed by atoms with Gasteiger partial charge in [0.25, 0.3) is 0 Å². The average molecular weight is 412 g/mol. The Bertz CT molecular complexity index is 690. The average Bonchev–Trinajstić information content (AvgIpc) is 2.56. The van der Waals surface area contributed by atoms with E-state index in [-0.39, 0.29) is 12.5 Å². The minimum Gasteiger partial charge on any atom is -0.377 e. The summed E-state index contributed by atoms with van der Waals surface area (Å²) in [6, 6.07) is 9.58. The third kappa shape index (κ3) is 7.04. The second-order valence-electron chi connectivity index (χ2n) is 6.63. The summed E-state index contributed by atoms with van der Waals surface area (Å²) in [5, 5.41) is 0. The summed E-state index contributed by atoms with van der Waals surface area (Å²) < 4.78 is 80.0. The number of alkyl halides is 3. The lowest BCUT2D eigenvalue weighted by atomic mass is 10.1. The number of ether oxygens (including phenoxy) is 3. The summed E-state index contributed by atoms with van der Waals surface area (Å²) in [7, 11) is -5.65. The van der Waals surface area contributed by atoms with Gasteiger partial charge in [0.15, 0.2) is 5.79 Å². The van der Waals surface area contributed by atoms with Gasteiger partial charge in [-0.3, -0.25) is 4.18 Å². The van der Waals surface area contributed by atoms with Crippen LogP contribution in [0.1, 0.15) is 32.3 Å². The molecule has 0 N–H and O–H groups in total. The number of hydrogen-bond donors (Lipinski definition) is 0. The van der Waals surface area contributed by atoms with Crippen molar-refractivity contribution in [1.29, 1.82) is 0 Å². The number of rotatable bonds is 8. The predicted octanol–water partition coefficient (Wildman–Crippen LogP) is 3.37. The molecule has 1 aliphatic rings. The summed E-state index contributed by atoms with van der Waals surface area (Å²) in [6.45, 7) is 3.30. The topological polar surface area (TPSA) is 71.1 Å². The highest BCUT2D eigenvalue weighted by molar-refractivity contribution is 7.87. The lowest BCUT2D eigenvalue weighted by Crippen LogP contribution is -2.47. The first kappa shape index (κ1) is 22.1. The Morgan fingerprint density at radius 2 is 1.78 bits per heavy atom. The van der Waals surface area contributed by atoms with Gasteiger partial charge in [-0.25, -0.2) is 0 Å². The molecule has 0 aromatic heterocycles. The molecule has 1 saturated heterocycles. The molecule has 0 bridgehead atoms. The molecule has 0 amide bonds. The van der Waals surface area contributed by atoms with E-state index in [0.717, 1.165) is 5.56 Å². The van der Waals surface area contributed by atoms with Crippen LogP contribution >= 0.6 is 0 Å². The summed E-state index contributed by atoms with van der Waals surface area (Å²) in [5.41, 5.74) is -4.44. The zero-order chi connectivity index (χ0) is 20.1. The minimum absolute atomic E-state index is 0.200. The van der Waals surface area contributed by atoms with Gasteiger partial charge in [-0.2, -0.15) is 21.6 Å². The van der Waals surface area contributed by atoms with Crippen LogP contribution in [-0.2, 0) is 35.1 Å². The van der Waals surface area contributed by atoms with Crippen LogP contribution in [0, 0.1) is 0 Å². The van der Waals surface area contributed by atoms with Crippen molar-refractivity contribution in [2.45, 2.75) is 56.8 Å². The predicted molar refractivity (Wildman–Crippen MR) is 90.1 cm³/mol. The van der Waals surface area contributed by atoms with Gasteiger partial charge in [0, 0.05) is 13.0 Å². The number of halogens is 3. The standard InChI is InChI=1S/C17H23F3O6S/c1-16(2)25-14(8-9-23-11-13-6-4-3-5-7-13)10-15(26-16)12-24-27(21,22)17(18,19)20/h3-7,14-15H,8-12H2,1-2H3/t14-,15-/m0/s1. The van der Waals surface area contributed by atoms with Gasteiger partial charge < -0.3 is 14.2 Å². The zero-order valence-electron chi connectivity index (χ0n) is 15.1. The Hall–Kier alpha value is -1.20. The second-order valence-corrected chi connectivity index (χ2v) is 8.23. The van der Waals surface area contributed by atoms with Crippen LogP contribution in [0.5, 0.6) is 0 Å². The normalized spacial score (nSPS) is 23.3. The summed E-state index contributed by atoms with van der Waals surface area (Å²) in [5.74, 6) is -1.07. The van der Waals surface area contributed by atoms with Crippen LogP contribution in [0.2, 0.25) is 0 Å². The molecule has 0 saturated carbocycles. The Kier molecular flexibility index (Phi) is 7.26. The fourth-order valence-electron chi connectivity index (χ4n) is 2.71. The van der Waals surface area contributed by atoms with E-state index in [9.17, 15) is 21.6 Å². The van der Waals surface area contributed by atoms with Crippen molar-refractivity contribution >= 4 is 10.1 Å². The molecule has 10 heteroatoms. The fourth-order valence-corrected chi connectivity index (χ4v) is 3.17. The van der Waals surface area contributed by atoms with Gasteiger partial charge in [0.05, 0.1) is 25.4 Å². The molecule has 0 spiro atoms. The maximum atomic E-state index is 12.4. The Labute approximate surface area is 156 Å². The maximum absolute atomic E-state index is 12.4. The highest BCUT2D eigenvalue weighted by atomic mass is 32.2. The molecule has 154 valence electrons. The SMILES string of the molecule is CC1(C)O[C@H](COS(=O)(=O)C(F)(F)F)C[C@H](CCOCc2ccccc2)O1. The van der Waals surface area contributed by atoms with Crippen molar-refractivity contribution in [2.75, 3.05) is 13.2 Å². The van der Waals surface area contributed by atoms with Gasteiger partial charge in [0.2, 0.25) is 0 Å². The minimum atomic E-state index is -5.65. The molecule has 0 radical (unpaired) electrons. The second kappa shape index (κ2) is 8.87. The molecule has 27 heavy (non-hydrogen) atoms. The Morgan fingerprint density at radius 1 is 1.15 bits per heavy atom. The van der Waals surface area contributed by atoms with Crippen LogP contribution in [0.3, 0.4) is 0 Å². The van der Waals surface area contributed by atoms with Gasteiger partial charge >= 0.3 is 15.6 Å². The maximum Gasteiger partial charge on any atom is 0.523 e. The van der Waals surface area contributed by atoms with Crippen molar-refractivity contribution in [3.05, 3.63) is 35.9 Å². The molecule has 1 fully saturated rings. The molecule has 1 aromatic rings. The van der Waals surface area contributed by atoms with E-state index in [1.165, 1.54) is 0 Å². The first-order valence-corrected chi connectivity index (χ1v) is 9.82. The van der Waals surface area contributed by atoms with E-state index in [4.69, 9.17) is 14.2 Å². The number of benzene rings is 1. The quantitative estimate of drug-likeness (QED) is 0.370. The monoisotopic (exact) mass is 412 g/mol. The lowest BCUT2D eigenvalue weighted by molar-refractivity contribution is -0.304. The molecule has 0 unspecified atom stereocenters. The largest absolute Gasteiger partial charge is 0.523 e. The third-order valence-electron chi connectivity index (χ3n) is 3.82. The van der Waals surface area contributed by atoms with E-state index < -0.39 is 34.1 Å². The molecule has 0 aliphatic carbocycles. The van der Waals surface area contributed by atoms with Gasteiger partial charge in [-0.15, -0.1) is 0 Å². The van der Waals surface area contributed by atoms with Crippen LogP contribution in [-0.4, -0.2) is 45.1 Å². The molecule has 2 atom stereocenters. The van der Waals surface area contributed by atoms with Gasteiger partial charge in [-0.1, -0.05) is 30.3 Å². The zero-order valence-corrected chi connectivity index (χ0v) is 15.9.